The van der Waals surface area contributed by atoms with Crippen LogP contribution in [0.25, 0.3) is 0 Å². The van der Waals surface area contributed by atoms with Crippen LogP contribution in [0.4, 0.5) is 11.8 Å². The number of rotatable bonds is 6. The fourth-order valence-corrected chi connectivity index (χ4v) is 2.78. The summed E-state index contributed by atoms with van der Waals surface area (Å²) < 4.78 is 5.20. The minimum absolute atomic E-state index is 0.0524. The third-order valence-corrected chi connectivity index (χ3v) is 4.27. The maximum absolute atomic E-state index is 12.3. The molecule has 1 aliphatic rings. The smallest absolute Gasteiger partial charge is 0.289 e. The van der Waals surface area contributed by atoms with Crippen LogP contribution in [-0.2, 0) is 0 Å². The summed E-state index contributed by atoms with van der Waals surface area (Å²) in [6, 6.07) is 5.35. The summed E-state index contributed by atoms with van der Waals surface area (Å²) >= 11 is 0. The van der Waals surface area contributed by atoms with Crippen molar-refractivity contribution in [1.29, 1.82) is 0 Å². The monoisotopic (exact) mass is 343 g/mol. The van der Waals surface area contributed by atoms with Gasteiger partial charge in [0.1, 0.15) is 5.82 Å². The summed E-state index contributed by atoms with van der Waals surface area (Å²) in [5, 5.41) is 3.28. The highest BCUT2D eigenvalue weighted by Gasteiger charge is 2.24. The molecule has 0 radical (unpaired) electrons. The maximum atomic E-state index is 12.3. The molecular weight excluding hydrogens is 318 g/mol. The quantitative estimate of drug-likeness (QED) is 0.868. The molecule has 2 aromatic rings. The lowest BCUT2D eigenvalue weighted by Crippen LogP contribution is -2.49. The number of furan rings is 1. The van der Waals surface area contributed by atoms with Gasteiger partial charge in [-0.1, -0.05) is 13.8 Å². The summed E-state index contributed by atoms with van der Waals surface area (Å²) in [6.45, 7) is 8.06. The zero-order valence-corrected chi connectivity index (χ0v) is 14.8. The number of carbonyl (C=O) groups excluding carboxylic acids is 1. The Morgan fingerprint density at radius 3 is 2.76 bits per heavy atom. The number of carbonyl (C=O) groups is 1. The van der Waals surface area contributed by atoms with Crippen molar-refractivity contribution in [2.75, 3.05) is 42.9 Å². The zero-order valence-electron chi connectivity index (χ0n) is 14.8. The molecule has 1 aliphatic heterocycles. The first-order valence-electron chi connectivity index (χ1n) is 8.78. The lowest BCUT2D eigenvalue weighted by molar-refractivity contribution is 0.0714. The van der Waals surface area contributed by atoms with E-state index < -0.39 is 0 Å². The normalized spacial score (nSPS) is 14.8. The molecule has 3 rings (SSSR count). The second-order valence-electron chi connectivity index (χ2n) is 6.60. The van der Waals surface area contributed by atoms with E-state index in [-0.39, 0.29) is 5.91 Å². The molecule has 0 aliphatic carbocycles. The van der Waals surface area contributed by atoms with Crippen LogP contribution in [-0.4, -0.2) is 53.5 Å². The first-order chi connectivity index (χ1) is 12.1. The van der Waals surface area contributed by atoms with Gasteiger partial charge in [0.2, 0.25) is 5.95 Å². The van der Waals surface area contributed by atoms with Gasteiger partial charge in [-0.05, 0) is 30.5 Å². The van der Waals surface area contributed by atoms with Crippen molar-refractivity contribution in [1.82, 2.24) is 14.9 Å². The fraction of sp³-hybridized carbons (Fsp3) is 0.500. The van der Waals surface area contributed by atoms with Crippen molar-refractivity contribution in [3.05, 3.63) is 36.4 Å². The average molecular weight is 343 g/mol. The molecule has 2 aromatic heterocycles. The molecule has 3 heterocycles. The van der Waals surface area contributed by atoms with Crippen molar-refractivity contribution < 1.29 is 9.21 Å². The summed E-state index contributed by atoms with van der Waals surface area (Å²) in [7, 11) is 0. The van der Waals surface area contributed by atoms with Crippen LogP contribution in [0.2, 0.25) is 0 Å². The van der Waals surface area contributed by atoms with Crippen molar-refractivity contribution in [3.63, 3.8) is 0 Å². The maximum Gasteiger partial charge on any atom is 0.289 e. The molecule has 0 bridgehead atoms. The molecule has 0 aromatic carbocycles. The third kappa shape index (κ3) is 4.49. The summed E-state index contributed by atoms with van der Waals surface area (Å²) in [5.74, 6) is 2.55. The highest BCUT2D eigenvalue weighted by atomic mass is 16.3. The number of anilines is 2. The van der Waals surface area contributed by atoms with Crippen LogP contribution >= 0.6 is 0 Å². The first kappa shape index (κ1) is 17.3. The standard InChI is InChI=1S/C18H25N5O2/c1-14(2)5-7-19-18-20-8-6-16(21-18)22-9-11-23(12-10-22)17(24)15-4-3-13-25-15/h3-4,6,8,13-14H,5,7,9-12H2,1-2H3,(H,19,20,21). The van der Waals surface area contributed by atoms with Gasteiger partial charge in [0, 0.05) is 38.9 Å². The number of hydrogen-bond donors (Lipinski definition) is 1. The number of nitrogens with zero attached hydrogens (tertiary/aromatic N) is 4. The molecule has 7 nitrogen and oxygen atoms in total. The number of amides is 1. The van der Waals surface area contributed by atoms with E-state index in [1.54, 1.807) is 18.3 Å². The van der Waals surface area contributed by atoms with E-state index >= 15 is 0 Å². The van der Waals surface area contributed by atoms with E-state index in [1.807, 2.05) is 11.0 Å². The topological polar surface area (TPSA) is 74.5 Å². The van der Waals surface area contributed by atoms with Gasteiger partial charge in [0.25, 0.3) is 5.91 Å². The van der Waals surface area contributed by atoms with Crippen molar-refractivity contribution >= 4 is 17.7 Å². The molecule has 0 saturated carbocycles. The predicted molar refractivity (Wildman–Crippen MR) is 96.8 cm³/mol. The van der Waals surface area contributed by atoms with E-state index in [0.29, 0.717) is 30.7 Å². The molecule has 1 saturated heterocycles. The lowest BCUT2D eigenvalue weighted by atomic mass is 10.1. The zero-order chi connectivity index (χ0) is 17.6. The minimum atomic E-state index is -0.0524. The molecule has 1 N–H and O–H groups in total. The second kappa shape index (κ2) is 8.00. The van der Waals surface area contributed by atoms with Crippen LogP contribution in [0.5, 0.6) is 0 Å². The van der Waals surface area contributed by atoms with Gasteiger partial charge in [-0.15, -0.1) is 0 Å². The van der Waals surface area contributed by atoms with Crippen LogP contribution in [0, 0.1) is 5.92 Å². The number of hydrogen-bond acceptors (Lipinski definition) is 6. The molecular formula is C18H25N5O2. The van der Waals surface area contributed by atoms with E-state index in [1.165, 1.54) is 6.26 Å². The van der Waals surface area contributed by atoms with E-state index in [4.69, 9.17) is 4.42 Å². The fourth-order valence-electron chi connectivity index (χ4n) is 2.78. The van der Waals surface area contributed by atoms with Gasteiger partial charge in [0.05, 0.1) is 6.26 Å². The van der Waals surface area contributed by atoms with Crippen LogP contribution in [0.15, 0.2) is 35.1 Å². The predicted octanol–water partition coefficient (Wildman–Crippen LogP) is 2.49. The molecule has 25 heavy (non-hydrogen) atoms. The van der Waals surface area contributed by atoms with Crippen LogP contribution in [0.1, 0.15) is 30.8 Å². The average Bonchev–Trinajstić information content (AvgIpc) is 3.16. The number of aromatic nitrogens is 2. The second-order valence-corrected chi connectivity index (χ2v) is 6.60. The van der Waals surface area contributed by atoms with Gasteiger partial charge in [0.15, 0.2) is 5.76 Å². The SMILES string of the molecule is CC(C)CCNc1nccc(N2CCN(C(=O)c3ccco3)CC2)n1. The first-order valence-corrected chi connectivity index (χ1v) is 8.78. The summed E-state index contributed by atoms with van der Waals surface area (Å²) in [4.78, 5) is 25.2. The molecule has 7 heteroatoms. The largest absolute Gasteiger partial charge is 0.459 e. The molecule has 0 unspecified atom stereocenters. The van der Waals surface area contributed by atoms with E-state index in [2.05, 4.69) is 34.0 Å². The highest BCUT2D eigenvalue weighted by Crippen LogP contribution is 2.16. The summed E-state index contributed by atoms with van der Waals surface area (Å²) in [5.41, 5.74) is 0. The Morgan fingerprint density at radius 1 is 1.28 bits per heavy atom. The molecule has 134 valence electrons. The number of nitrogens with one attached hydrogen (secondary N) is 1. The van der Waals surface area contributed by atoms with Crippen molar-refractivity contribution in [2.45, 2.75) is 20.3 Å². The van der Waals surface area contributed by atoms with Crippen molar-refractivity contribution in [2.24, 2.45) is 5.92 Å². The van der Waals surface area contributed by atoms with E-state index in [0.717, 1.165) is 31.9 Å². The number of piperazine rings is 1. The Morgan fingerprint density at radius 2 is 2.08 bits per heavy atom. The Balaban J connectivity index is 1.55. The minimum Gasteiger partial charge on any atom is -0.459 e. The van der Waals surface area contributed by atoms with Crippen molar-refractivity contribution in [3.8, 4) is 0 Å². The Bertz CT molecular complexity index is 679. The van der Waals surface area contributed by atoms with Gasteiger partial charge >= 0.3 is 0 Å². The molecule has 1 amide bonds. The van der Waals surface area contributed by atoms with Gasteiger partial charge in [-0.25, -0.2) is 4.98 Å². The summed E-state index contributed by atoms with van der Waals surface area (Å²) in [6.07, 6.45) is 4.39. The Hall–Kier alpha value is -2.57. The lowest BCUT2D eigenvalue weighted by Gasteiger charge is -2.35. The molecule has 0 atom stereocenters. The Kier molecular flexibility index (Phi) is 5.53. The van der Waals surface area contributed by atoms with Gasteiger partial charge in [-0.2, -0.15) is 4.98 Å². The van der Waals surface area contributed by atoms with Gasteiger partial charge in [-0.3, -0.25) is 4.79 Å². The van der Waals surface area contributed by atoms with Crippen LogP contribution in [0.3, 0.4) is 0 Å². The van der Waals surface area contributed by atoms with Gasteiger partial charge < -0.3 is 19.5 Å². The molecule has 1 fully saturated rings. The van der Waals surface area contributed by atoms with Crippen LogP contribution < -0.4 is 10.2 Å². The van der Waals surface area contributed by atoms with E-state index in [9.17, 15) is 4.79 Å². The molecule has 0 spiro atoms. The third-order valence-electron chi connectivity index (χ3n) is 4.27. The highest BCUT2D eigenvalue weighted by molar-refractivity contribution is 5.91. The Labute approximate surface area is 148 Å².